The van der Waals surface area contributed by atoms with Crippen molar-refractivity contribution < 1.29 is 14.1 Å². The van der Waals surface area contributed by atoms with E-state index in [4.69, 9.17) is 32.4 Å². The van der Waals surface area contributed by atoms with Crippen LogP contribution in [0.3, 0.4) is 0 Å². The van der Waals surface area contributed by atoms with Crippen molar-refractivity contribution in [1.82, 2.24) is 10.2 Å². The van der Waals surface area contributed by atoms with Crippen LogP contribution in [0.4, 0.5) is 5.69 Å². The maximum absolute atomic E-state index is 11.1. The number of hydrogen-bond acceptors (Lipinski definition) is 7. The first-order valence-electron chi connectivity index (χ1n) is 7.21. The number of ether oxygens (including phenoxy) is 1. The van der Waals surface area contributed by atoms with Crippen LogP contribution in [0.5, 0.6) is 5.75 Å². The number of nitro benzene ring substituents is 1. The maximum atomic E-state index is 11.1. The second-order valence-corrected chi connectivity index (χ2v) is 6.82. The molecule has 3 aromatic rings. The fourth-order valence-electron chi connectivity index (χ4n) is 2.15. The Kier molecular flexibility index (Phi) is 5.65. The van der Waals surface area contributed by atoms with E-state index >= 15 is 0 Å². The van der Waals surface area contributed by atoms with Crippen LogP contribution in [-0.2, 0) is 5.75 Å². The number of nitro groups is 1. The zero-order valence-corrected chi connectivity index (χ0v) is 15.6. The molecule has 0 aliphatic heterocycles. The summed E-state index contributed by atoms with van der Waals surface area (Å²) >= 11 is 13.3. The van der Waals surface area contributed by atoms with E-state index < -0.39 is 4.92 Å². The molecule has 2 aromatic carbocycles. The van der Waals surface area contributed by atoms with Crippen molar-refractivity contribution in [3.63, 3.8) is 0 Å². The number of rotatable bonds is 6. The number of halogens is 2. The third-order valence-corrected chi connectivity index (χ3v) is 4.81. The Bertz CT molecular complexity index is 964. The van der Waals surface area contributed by atoms with Crippen molar-refractivity contribution in [2.24, 2.45) is 0 Å². The van der Waals surface area contributed by atoms with Gasteiger partial charge in [-0.1, -0.05) is 41.0 Å². The lowest BCUT2D eigenvalue weighted by atomic mass is 10.2. The zero-order valence-electron chi connectivity index (χ0n) is 13.3. The first kappa shape index (κ1) is 18.5. The van der Waals surface area contributed by atoms with E-state index in [1.165, 1.54) is 24.9 Å². The highest BCUT2D eigenvalue weighted by molar-refractivity contribution is 7.98. The average molecular weight is 412 g/mol. The minimum Gasteiger partial charge on any atom is -0.490 e. The molecule has 0 fully saturated rings. The van der Waals surface area contributed by atoms with E-state index in [1.807, 2.05) is 0 Å². The van der Waals surface area contributed by atoms with Gasteiger partial charge in [0.1, 0.15) is 0 Å². The molecule has 0 aliphatic carbocycles. The molecule has 0 saturated carbocycles. The molecule has 0 aliphatic rings. The van der Waals surface area contributed by atoms with Gasteiger partial charge >= 0.3 is 5.69 Å². The minimum atomic E-state index is -0.486. The van der Waals surface area contributed by atoms with Gasteiger partial charge in [-0.15, -0.1) is 10.2 Å². The van der Waals surface area contributed by atoms with Crippen molar-refractivity contribution in [3.8, 4) is 17.2 Å². The lowest BCUT2D eigenvalue weighted by molar-refractivity contribution is -0.385. The SMILES string of the molecule is COc1ccc(CSc2nnc(-c3ccc(Cl)cc3Cl)o2)cc1[N+](=O)[O-]. The van der Waals surface area contributed by atoms with Crippen LogP contribution in [-0.4, -0.2) is 22.2 Å². The van der Waals surface area contributed by atoms with Gasteiger partial charge in [-0.2, -0.15) is 0 Å². The highest BCUT2D eigenvalue weighted by Crippen LogP contribution is 2.33. The molecule has 0 radical (unpaired) electrons. The molecule has 10 heteroatoms. The second kappa shape index (κ2) is 7.94. The predicted octanol–water partition coefficient (Wildman–Crippen LogP) is 5.25. The van der Waals surface area contributed by atoms with Crippen molar-refractivity contribution >= 4 is 40.7 Å². The van der Waals surface area contributed by atoms with Crippen LogP contribution >= 0.6 is 35.0 Å². The Morgan fingerprint density at radius 3 is 2.73 bits per heavy atom. The van der Waals surface area contributed by atoms with Crippen LogP contribution in [0.15, 0.2) is 46.0 Å². The van der Waals surface area contributed by atoms with Crippen molar-refractivity contribution in [2.45, 2.75) is 11.0 Å². The monoisotopic (exact) mass is 411 g/mol. The van der Waals surface area contributed by atoms with Crippen molar-refractivity contribution in [1.29, 1.82) is 0 Å². The standard InChI is InChI=1S/C16H11Cl2N3O4S/c1-24-14-5-2-9(6-13(14)21(22)23)8-26-16-20-19-15(25-16)11-4-3-10(17)7-12(11)18/h2-7H,8H2,1H3. The van der Waals surface area contributed by atoms with Crippen LogP contribution in [0.25, 0.3) is 11.5 Å². The van der Waals surface area contributed by atoms with Gasteiger partial charge in [0.25, 0.3) is 5.22 Å². The highest BCUT2D eigenvalue weighted by Gasteiger charge is 2.16. The van der Waals surface area contributed by atoms with Gasteiger partial charge in [-0.3, -0.25) is 10.1 Å². The largest absolute Gasteiger partial charge is 0.490 e. The number of nitrogens with zero attached hydrogens (tertiary/aromatic N) is 3. The third-order valence-electron chi connectivity index (χ3n) is 3.37. The van der Waals surface area contributed by atoms with Gasteiger partial charge in [0.15, 0.2) is 5.75 Å². The van der Waals surface area contributed by atoms with Gasteiger partial charge < -0.3 is 9.15 Å². The van der Waals surface area contributed by atoms with E-state index in [-0.39, 0.29) is 17.3 Å². The molecule has 0 spiro atoms. The van der Waals surface area contributed by atoms with Crippen LogP contribution in [0.1, 0.15) is 5.56 Å². The molecule has 3 rings (SSSR count). The fraction of sp³-hybridized carbons (Fsp3) is 0.125. The molecule has 0 amide bonds. The summed E-state index contributed by atoms with van der Waals surface area (Å²) in [5.41, 5.74) is 1.21. The minimum absolute atomic E-state index is 0.0928. The van der Waals surface area contributed by atoms with Gasteiger partial charge in [0, 0.05) is 16.8 Å². The number of hydrogen-bond donors (Lipinski definition) is 0. The van der Waals surface area contributed by atoms with E-state index in [0.29, 0.717) is 26.6 Å². The molecule has 0 unspecified atom stereocenters. The number of thioether (sulfide) groups is 1. The molecular formula is C16H11Cl2N3O4S. The van der Waals surface area contributed by atoms with Crippen LogP contribution < -0.4 is 4.74 Å². The lowest BCUT2D eigenvalue weighted by Crippen LogP contribution is -1.95. The average Bonchev–Trinajstić information content (AvgIpc) is 3.08. The molecule has 0 atom stereocenters. The van der Waals surface area contributed by atoms with Crippen molar-refractivity contribution in [2.75, 3.05) is 7.11 Å². The normalized spacial score (nSPS) is 10.7. The molecule has 0 bridgehead atoms. The van der Waals surface area contributed by atoms with Gasteiger partial charge in [0.2, 0.25) is 5.89 Å². The zero-order chi connectivity index (χ0) is 18.7. The Morgan fingerprint density at radius 2 is 2.04 bits per heavy atom. The molecule has 0 N–H and O–H groups in total. The van der Waals surface area contributed by atoms with E-state index in [1.54, 1.807) is 30.3 Å². The van der Waals surface area contributed by atoms with Gasteiger partial charge in [0.05, 0.1) is 22.6 Å². The molecule has 134 valence electrons. The Morgan fingerprint density at radius 1 is 1.23 bits per heavy atom. The summed E-state index contributed by atoms with van der Waals surface area (Å²) in [7, 11) is 1.39. The number of methoxy groups -OCH3 is 1. The van der Waals surface area contributed by atoms with E-state index in [9.17, 15) is 10.1 Å². The van der Waals surface area contributed by atoms with Crippen molar-refractivity contribution in [3.05, 3.63) is 62.1 Å². The van der Waals surface area contributed by atoms with Crippen LogP contribution in [0, 0.1) is 10.1 Å². The molecule has 26 heavy (non-hydrogen) atoms. The molecule has 0 saturated heterocycles. The summed E-state index contributed by atoms with van der Waals surface area (Å²) in [5, 5.41) is 20.2. The van der Waals surface area contributed by atoms with E-state index in [2.05, 4.69) is 10.2 Å². The summed E-state index contributed by atoms with van der Waals surface area (Å²) in [6.45, 7) is 0. The first-order chi connectivity index (χ1) is 12.5. The fourth-order valence-corrected chi connectivity index (χ4v) is 3.35. The highest BCUT2D eigenvalue weighted by atomic mass is 35.5. The Hall–Kier alpha value is -2.29. The summed E-state index contributed by atoms with van der Waals surface area (Å²) < 4.78 is 10.6. The smallest absolute Gasteiger partial charge is 0.311 e. The summed E-state index contributed by atoms with van der Waals surface area (Å²) in [4.78, 5) is 10.6. The molecule has 1 heterocycles. The summed E-state index contributed by atoms with van der Waals surface area (Å²) in [6.07, 6.45) is 0. The van der Waals surface area contributed by atoms with Gasteiger partial charge in [-0.05, 0) is 29.8 Å². The first-order valence-corrected chi connectivity index (χ1v) is 8.95. The second-order valence-electron chi connectivity index (χ2n) is 5.05. The lowest BCUT2D eigenvalue weighted by Gasteiger charge is -2.03. The topological polar surface area (TPSA) is 91.3 Å². The van der Waals surface area contributed by atoms with E-state index in [0.717, 1.165) is 5.56 Å². The van der Waals surface area contributed by atoms with Crippen LogP contribution in [0.2, 0.25) is 10.0 Å². The van der Waals surface area contributed by atoms with Gasteiger partial charge in [-0.25, -0.2) is 0 Å². The Balaban J connectivity index is 1.74. The summed E-state index contributed by atoms with van der Waals surface area (Å²) in [6, 6.07) is 9.72. The Labute approximate surface area is 162 Å². The number of benzene rings is 2. The number of aromatic nitrogens is 2. The third kappa shape index (κ3) is 4.09. The maximum Gasteiger partial charge on any atom is 0.311 e. The summed E-state index contributed by atoms with van der Waals surface area (Å²) in [5.74, 6) is 0.900. The quantitative estimate of drug-likeness (QED) is 0.310. The molecule has 1 aromatic heterocycles. The molecular weight excluding hydrogens is 401 g/mol. The molecule has 7 nitrogen and oxygen atoms in total. The predicted molar refractivity (Wildman–Crippen MR) is 99.0 cm³/mol.